The van der Waals surface area contributed by atoms with Gasteiger partial charge < -0.3 is 19.8 Å². The van der Waals surface area contributed by atoms with Gasteiger partial charge in [-0.25, -0.2) is 14.3 Å². The van der Waals surface area contributed by atoms with Crippen molar-refractivity contribution in [3.63, 3.8) is 0 Å². The Labute approximate surface area is 165 Å². The highest BCUT2D eigenvalue weighted by Gasteiger charge is 2.28. The van der Waals surface area contributed by atoms with E-state index in [1.165, 1.54) is 6.07 Å². The fourth-order valence-electron chi connectivity index (χ4n) is 3.52. The zero-order chi connectivity index (χ0) is 19.6. The van der Waals surface area contributed by atoms with Gasteiger partial charge in [0.25, 0.3) is 0 Å². The molecule has 11 heteroatoms. The molecule has 2 aromatic rings. The Morgan fingerprint density at radius 3 is 2.75 bits per heavy atom. The summed E-state index contributed by atoms with van der Waals surface area (Å²) in [4.78, 5) is 11.1. The predicted octanol–water partition coefficient (Wildman–Crippen LogP) is 3.24. The van der Waals surface area contributed by atoms with E-state index in [4.69, 9.17) is 4.42 Å². The van der Waals surface area contributed by atoms with Gasteiger partial charge in [-0.15, -0.1) is 17.5 Å². The molecule has 1 saturated heterocycles. The Bertz CT molecular complexity index is 845. The topological polar surface area (TPSA) is 92.2 Å². The van der Waals surface area contributed by atoms with E-state index >= 15 is 0 Å². The van der Waals surface area contributed by atoms with E-state index in [0.29, 0.717) is 5.92 Å². The third-order valence-electron chi connectivity index (χ3n) is 4.81. The monoisotopic (exact) mass is 422 g/mol. The van der Waals surface area contributed by atoms with E-state index in [2.05, 4.69) is 32.5 Å². The number of hydrogen-bond donors (Lipinski definition) is 3. The van der Waals surface area contributed by atoms with Crippen molar-refractivity contribution in [3.05, 3.63) is 28.5 Å². The fourth-order valence-corrected chi connectivity index (χ4v) is 3.52. The van der Waals surface area contributed by atoms with Gasteiger partial charge in [0.2, 0.25) is 5.89 Å². The SMILES string of the molecule is CC(Nc1cc(-c2n[nH]c(=O)o2)cc(F)c1OC(F)F)[C@H]1CCNC[C@H]1C.Cl. The van der Waals surface area contributed by atoms with Crippen LogP contribution in [-0.4, -0.2) is 35.9 Å². The van der Waals surface area contributed by atoms with E-state index < -0.39 is 23.9 Å². The van der Waals surface area contributed by atoms with E-state index in [-0.39, 0.29) is 41.5 Å². The molecule has 0 saturated carbocycles. The first-order chi connectivity index (χ1) is 12.8. The van der Waals surface area contributed by atoms with Crippen molar-refractivity contribution in [2.45, 2.75) is 32.9 Å². The van der Waals surface area contributed by atoms with Crippen LogP contribution in [0.25, 0.3) is 11.5 Å². The lowest BCUT2D eigenvalue weighted by molar-refractivity contribution is -0.0517. The predicted molar refractivity (Wildman–Crippen MR) is 99.6 cm³/mol. The minimum Gasteiger partial charge on any atom is -0.429 e. The standard InChI is InChI=1S/C17H21F3N4O3.ClH/c1-8-7-21-4-3-11(8)9(2)22-13-6-10(15-23-24-17(25)27-15)5-12(18)14(13)26-16(19)20;/h5-6,8-9,11,16,21-22H,3-4,7H2,1-2H3,(H,24,25);1H/t8-,9?,11+;/m1./s1. The molecule has 1 aliphatic rings. The van der Waals surface area contributed by atoms with Crippen LogP contribution in [0.3, 0.4) is 0 Å². The van der Waals surface area contributed by atoms with Gasteiger partial charge in [-0.05, 0) is 50.4 Å². The molecule has 3 rings (SSSR count). The summed E-state index contributed by atoms with van der Waals surface area (Å²) >= 11 is 0. The molecule has 1 aliphatic heterocycles. The van der Waals surface area contributed by atoms with E-state index in [9.17, 15) is 18.0 Å². The first kappa shape index (κ1) is 22.1. The van der Waals surface area contributed by atoms with Gasteiger partial charge in [-0.3, -0.25) is 0 Å². The van der Waals surface area contributed by atoms with E-state index in [0.717, 1.165) is 25.6 Å². The molecule has 156 valence electrons. The van der Waals surface area contributed by atoms with Crippen LogP contribution in [-0.2, 0) is 0 Å². The Hall–Kier alpha value is -2.20. The summed E-state index contributed by atoms with van der Waals surface area (Å²) < 4.78 is 49.2. The van der Waals surface area contributed by atoms with Crippen molar-refractivity contribution < 1.29 is 22.3 Å². The first-order valence-electron chi connectivity index (χ1n) is 8.66. The van der Waals surface area contributed by atoms with Crippen molar-refractivity contribution in [1.29, 1.82) is 0 Å². The van der Waals surface area contributed by atoms with Gasteiger partial charge in [-0.2, -0.15) is 8.78 Å². The Morgan fingerprint density at radius 1 is 1.39 bits per heavy atom. The van der Waals surface area contributed by atoms with Crippen LogP contribution < -0.4 is 21.1 Å². The van der Waals surface area contributed by atoms with Crippen molar-refractivity contribution in [2.24, 2.45) is 11.8 Å². The molecular weight excluding hydrogens is 401 g/mol. The second-order valence-electron chi connectivity index (χ2n) is 6.70. The lowest BCUT2D eigenvalue weighted by atomic mass is 9.82. The van der Waals surface area contributed by atoms with Crippen molar-refractivity contribution in [2.75, 3.05) is 18.4 Å². The van der Waals surface area contributed by atoms with Gasteiger partial charge in [0, 0.05) is 11.6 Å². The van der Waals surface area contributed by atoms with Crippen molar-refractivity contribution in [3.8, 4) is 17.2 Å². The Balaban J connectivity index is 0.00000280. The van der Waals surface area contributed by atoms with Crippen molar-refractivity contribution >= 4 is 18.1 Å². The number of nitrogens with one attached hydrogen (secondary N) is 3. The molecule has 1 fully saturated rings. The third-order valence-corrected chi connectivity index (χ3v) is 4.81. The zero-order valence-electron chi connectivity index (χ0n) is 15.3. The molecule has 3 atom stereocenters. The van der Waals surface area contributed by atoms with Crippen LogP contribution in [0.2, 0.25) is 0 Å². The molecule has 0 aliphatic carbocycles. The van der Waals surface area contributed by atoms with Crippen LogP contribution in [0, 0.1) is 17.7 Å². The van der Waals surface area contributed by atoms with Gasteiger partial charge in [0.15, 0.2) is 11.6 Å². The van der Waals surface area contributed by atoms with Crippen LogP contribution in [0.1, 0.15) is 20.3 Å². The number of nitrogens with zero attached hydrogens (tertiary/aromatic N) is 1. The molecule has 7 nitrogen and oxygen atoms in total. The Morgan fingerprint density at radius 2 is 2.14 bits per heavy atom. The molecule has 0 bridgehead atoms. The maximum atomic E-state index is 14.5. The van der Waals surface area contributed by atoms with Gasteiger partial charge in [0.05, 0.1) is 5.69 Å². The number of alkyl halides is 2. The third kappa shape index (κ3) is 4.99. The first-order valence-corrected chi connectivity index (χ1v) is 8.66. The molecule has 3 N–H and O–H groups in total. The van der Waals surface area contributed by atoms with E-state index in [1.807, 2.05) is 6.92 Å². The van der Waals surface area contributed by atoms with Gasteiger partial charge >= 0.3 is 12.4 Å². The fraction of sp³-hybridized carbons (Fsp3) is 0.529. The number of benzene rings is 1. The number of piperidine rings is 1. The summed E-state index contributed by atoms with van der Waals surface area (Å²) in [6.07, 6.45) is 0.900. The molecule has 1 unspecified atom stereocenters. The number of aromatic amines is 1. The lowest BCUT2D eigenvalue weighted by Gasteiger charge is -2.35. The van der Waals surface area contributed by atoms with Crippen molar-refractivity contribution in [1.82, 2.24) is 15.5 Å². The quantitative estimate of drug-likeness (QED) is 0.662. The minimum atomic E-state index is -3.18. The second kappa shape index (κ2) is 9.33. The number of hydrogen-bond acceptors (Lipinski definition) is 6. The number of anilines is 1. The van der Waals surface area contributed by atoms with Crippen LogP contribution >= 0.6 is 12.4 Å². The molecule has 28 heavy (non-hydrogen) atoms. The Kier molecular flexibility index (Phi) is 7.36. The largest absolute Gasteiger partial charge is 0.434 e. The molecule has 0 amide bonds. The molecule has 1 aromatic carbocycles. The maximum absolute atomic E-state index is 14.5. The van der Waals surface area contributed by atoms with Gasteiger partial charge in [0.1, 0.15) is 0 Å². The summed E-state index contributed by atoms with van der Waals surface area (Å²) in [5.41, 5.74) is 0.176. The average molecular weight is 423 g/mol. The average Bonchev–Trinajstić information content (AvgIpc) is 3.04. The van der Waals surface area contributed by atoms with E-state index in [1.54, 1.807) is 0 Å². The maximum Gasteiger partial charge on any atom is 0.434 e. The second-order valence-corrected chi connectivity index (χ2v) is 6.70. The minimum absolute atomic E-state index is 0. The number of H-pyrrole nitrogens is 1. The molecular formula is C17H22ClF3N4O3. The summed E-state index contributed by atoms with van der Waals surface area (Å²) in [7, 11) is 0. The summed E-state index contributed by atoms with van der Waals surface area (Å²) in [5.74, 6) is -1.91. The molecule has 0 spiro atoms. The highest BCUT2D eigenvalue weighted by molar-refractivity contribution is 5.85. The zero-order valence-corrected chi connectivity index (χ0v) is 16.1. The summed E-state index contributed by atoms with van der Waals surface area (Å²) in [6, 6.07) is 2.19. The normalized spacial score (nSPS) is 20.5. The molecule has 2 heterocycles. The number of rotatable bonds is 6. The highest BCUT2D eigenvalue weighted by atomic mass is 35.5. The van der Waals surface area contributed by atoms with Crippen LogP contribution in [0.5, 0.6) is 5.75 Å². The van der Waals surface area contributed by atoms with Crippen LogP contribution in [0.15, 0.2) is 21.3 Å². The number of halogens is 4. The summed E-state index contributed by atoms with van der Waals surface area (Å²) in [5, 5.41) is 12.1. The lowest BCUT2D eigenvalue weighted by Crippen LogP contribution is -2.42. The number of aromatic nitrogens is 2. The highest BCUT2D eigenvalue weighted by Crippen LogP contribution is 2.36. The molecule has 1 aromatic heterocycles. The number of ether oxygens (including phenoxy) is 1. The molecule has 0 radical (unpaired) electrons. The van der Waals surface area contributed by atoms with Crippen LogP contribution in [0.4, 0.5) is 18.9 Å². The smallest absolute Gasteiger partial charge is 0.429 e. The van der Waals surface area contributed by atoms with Gasteiger partial charge in [-0.1, -0.05) is 6.92 Å². The summed E-state index contributed by atoms with van der Waals surface area (Å²) in [6.45, 7) is 2.54.